The Bertz CT molecular complexity index is 1040. The molecule has 10 heteroatoms. The van der Waals surface area contributed by atoms with Crippen molar-refractivity contribution < 1.29 is 22.8 Å². The molecule has 0 radical (unpaired) electrons. The van der Waals surface area contributed by atoms with Crippen LogP contribution in [0.2, 0.25) is 0 Å². The Kier molecular flexibility index (Phi) is 7.26. The van der Waals surface area contributed by atoms with Gasteiger partial charge in [0.05, 0.1) is 11.9 Å². The number of aromatic nitrogens is 1. The van der Waals surface area contributed by atoms with Crippen molar-refractivity contribution in [2.24, 2.45) is 5.73 Å². The Morgan fingerprint density at radius 3 is 2.45 bits per heavy atom. The number of primary amides is 1. The third kappa shape index (κ3) is 5.48. The number of nitrogens with zero attached hydrogens (tertiary/aromatic N) is 2. The van der Waals surface area contributed by atoms with Crippen molar-refractivity contribution in [3.05, 3.63) is 35.5 Å². The number of amides is 2. The van der Waals surface area contributed by atoms with E-state index in [1.165, 1.54) is 6.07 Å². The molecular formula is C19H23N3O5S2. The molecule has 0 aliphatic carbocycles. The number of hydrogen-bond acceptors (Lipinski definition) is 7. The van der Waals surface area contributed by atoms with Crippen LogP contribution in [-0.2, 0) is 19.4 Å². The quantitative estimate of drug-likeness (QED) is 0.384. The first kappa shape index (κ1) is 22.7. The Labute approximate surface area is 173 Å². The molecule has 29 heavy (non-hydrogen) atoms. The lowest BCUT2D eigenvalue weighted by Crippen LogP contribution is -2.38. The summed E-state index contributed by atoms with van der Waals surface area (Å²) in [6, 6.07) is 4.85. The van der Waals surface area contributed by atoms with Crippen LogP contribution in [0.1, 0.15) is 48.5 Å². The van der Waals surface area contributed by atoms with Crippen molar-refractivity contribution in [2.45, 2.75) is 43.7 Å². The monoisotopic (exact) mass is 437 g/mol. The van der Waals surface area contributed by atoms with E-state index in [4.69, 9.17) is 5.73 Å². The molecule has 0 saturated carbocycles. The van der Waals surface area contributed by atoms with Crippen molar-refractivity contribution in [3.8, 4) is 0 Å². The second kappa shape index (κ2) is 9.27. The average Bonchev–Trinajstić information content (AvgIpc) is 3.13. The van der Waals surface area contributed by atoms with Crippen molar-refractivity contribution in [2.75, 3.05) is 11.2 Å². The number of unbranched alkanes of at least 4 members (excludes halogenated alkanes) is 2. The molecule has 2 rings (SSSR count). The van der Waals surface area contributed by atoms with Gasteiger partial charge in [-0.2, -0.15) is 0 Å². The number of anilines is 2. The number of rotatable bonds is 8. The van der Waals surface area contributed by atoms with Crippen molar-refractivity contribution in [1.82, 2.24) is 4.98 Å². The first-order valence-electron chi connectivity index (χ1n) is 8.99. The largest absolute Gasteiger partial charge is 0.361 e. The Hall–Kier alpha value is -2.59. The van der Waals surface area contributed by atoms with Gasteiger partial charge in [0, 0.05) is 18.2 Å². The summed E-state index contributed by atoms with van der Waals surface area (Å²) < 4.78 is 23.5. The zero-order valence-corrected chi connectivity index (χ0v) is 18.1. The molecular weight excluding hydrogens is 414 g/mol. The summed E-state index contributed by atoms with van der Waals surface area (Å²) in [6.45, 7) is 3.83. The summed E-state index contributed by atoms with van der Waals surface area (Å²) in [6.07, 6.45) is 4.94. The van der Waals surface area contributed by atoms with Crippen molar-refractivity contribution in [1.29, 1.82) is 0 Å². The van der Waals surface area contributed by atoms with E-state index in [1.807, 2.05) is 6.92 Å². The van der Waals surface area contributed by atoms with Gasteiger partial charge in [-0.25, -0.2) is 18.3 Å². The molecule has 1 heterocycles. The molecule has 0 aliphatic rings. The molecule has 0 fully saturated rings. The molecule has 0 bridgehead atoms. The standard InChI is InChI=1S/C19H23N3O5S2/c1-4-5-6-7-15(23)13-10-12(2)8-9-14(13)22(18(25)17(20)24)19-21-11-16(28-19)29(3,26)27/h8-11H,4-7H2,1-3H3,(H2,20,24). The molecule has 0 atom stereocenters. The van der Waals surface area contributed by atoms with Gasteiger partial charge in [-0.3, -0.25) is 14.4 Å². The fourth-order valence-electron chi connectivity index (χ4n) is 2.67. The van der Waals surface area contributed by atoms with Gasteiger partial charge in [-0.15, -0.1) is 0 Å². The minimum atomic E-state index is -3.56. The number of carbonyl (C=O) groups is 3. The maximum Gasteiger partial charge on any atom is 0.322 e. The van der Waals surface area contributed by atoms with Crippen LogP contribution in [0.5, 0.6) is 0 Å². The van der Waals surface area contributed by atoms with Gasteiger partial charge < -0.3 is 5.73 Å². The molecule has 0 aliphatic heterocycles. The van der Waals surface area contributed by atoms with Gasteiger partial charge in [-0.1, -0.05) is 42.7 Å². The highest BCUT2D eigenvalue weighted by Crippen LogP contribution is 2.35. The summed E-state index contributed by atoms with van der Waals surface area (Å²) in [5.41, 5.74) is 6.41. The van der Waals surface area contributed by atoms with Gasteiger partial charge >= 0.3 is 11.8 Å². The van der Waals surface area contributed by atoms with Gasteiger partial charge in [0.15, 0.2) is 20.8 Å². The zero-order valence-electron chi connectivity index (χ0n) is 16.5. The van der Waals surface area contributed by atoms with E-state index in [0.29, 0.717) is 6.42 Å². The lowest BCUT2D eigenvalue weighted by atomic mass is 10.00. The summed E-state index contributed by atoms with van der Waals surface area (Å²) in [7, 11) is -3.56. The molecule has 156 valence electrons. The number of hydrogen-bond donors (Lipinski definition) is 1. The molecule has 2 N–H and O–H groups in total. The molecule has 0 spiro atoms. The topological polar surface area (TPSA) is 128 Å². The second-order valence-electron chi connectivity index (χ2n) is 6.64. The van der Waals surface area contributed by atoms with Crippen LogP contribution < -0.4 is 10.6 Å². The van der Waals surface area contributed by atoms with Crippen molar-refractivity contribution in [3.63, 3.8) is 0 Å². The highest BCUT2D eigenvalue weighted by Gasteiger charge is 2.30. The van der Waals surface area contributed by atoms with E-state index in [0.717, 1.165) is 47.1 Å². The van der Waals surface area contributed by atoms with Crippen LogP contribution in [0.25, 0.3) is 0 Å². The predicted molar refractivity (Wildman–Crippen MR) is 111 cm³/mol. The Balaban J connectivity index is 2.60. The summed E-state index contributed by atoms with van der Waals surface area (Å²) >= 11 is 0.722. The van der Waals surface area contributed by atoms with Gasteiger partial charge in [0.25, 0.3) is 0 Å². The molecule has 1 aromatic heterocycles. The summed E-state index contributed by atoms with van der Waals surface area (Å²) in [5.74, 6) is -2.53. The van der Waals surface area contributed by atoms with E-state index in [9.17, 15) is 22.8 Å². The highest BCUT2D eigenvalue weighted by molar-refractivity contribution is 7.92. The minimum Gasteiger partial charge on any atom is -0.361 e. The van der Waals surface area contributed by atoms with Crippen LogP contribution in [0.15, 0.2) is 28.6 Å². The number of sulfone groups is 1. The van der Waals surface area contributed by atoms with E-state index in [2.05, 4.69) is 4.98 Å². The molecule has 1 aromatic carbocycles. The van der Waals surface area contributed by atoms with Gasteiger partial charge in [-0.05, 0) is 25.5 Å². The van der Waals surface area contributed by atoms with E-state index >= 15 is 0 Å². The van der Waals surface area contributed by atoms with Gasteiger partial charge in [0.2, 0.25) is 0 Å². The van der Waals surface area contributed by atoms with E-state index in [-0.39, 0.29) is 32.8 Å². The first-order chi connectivity index (χ1) is 13.6. The van der Waals surface area contributed by atoms with Crippen molar-refractivity contribution >= 4 is 49.6 Å². The lowest BCUT2D eigenvalue weighted by molar-refractivity contribution is -0.135. The van der Waals surface area contributed by atoms with Crippen LogP contribution >= 0.6 is 11.3 Å². The molecule has 0 unspecified atom stereocenters. The SMILES string of the molecule is CCCCCC(=O)c1cc(C)ccc1N(C(=O)C(N)=O)c1ncc(S(C)(=O)=O)s1. The molecule has 8 nitrogen and oxygen atoms in total. The van der Waals surface area contributed by atoms with Gasteiger partial charge in [0.1, 0.15) is 4.21 Å². The number of Topliss-reactive ketones (excluding diaryl/α,β-unsaturated/α-hetero) is 1. The number of ketones is 1. The highest BCUT2D eigenvalue weighted by atomic mass is 32.2. The maximum atomic E-state index is 12.8. The summed E-state index contributed by atoms with van der Waals surface area (Å²) in [5, 5.41) is -0.0549. The number of benzene rings is 1. The third-order valence-electron chi connectivity index (χ3n) is 4.14. The number of aryl methyl sites for hydroxylation is 1. The molecule has 2 amide bonds. The lowest BCUT2D eigenvalue weighted by Gasteiger charge is -2.21. The second-order valence-corrected chi connectivity index (χ2v) is 9.89. The normalized spacial score (nSPS) is 11.3. The van der Waals surface area contributed by atoms with Crippen LogP contribution in [-0.4, -0.2) is 37.3 Å². The maximum absolute atomic E-state index is 12.8. The Morgan fingerprint density at radius 2 is 1.90 bits per heavy atom. The molecule has 2 aromatic rings. The number of carbonyl (C=O) groups excluding carboxylic acids is 3. The Morgan fingerprint density at radius 1 is 1.21 bits per heavy atom. The predicted octanol–water partition coefficient (Wildman–Crippen LogP) is 2.77. The van der Waals surface area contributed by atoms with E-state index in [1.54, 1.807) is 19.1 Å². The van der Waals surface area contributed by atoms with E-state index < -0.39 is 21.7 Å². The van der Waals surface area contributed by atoms with Crippen LogP contribution in [0.4, 0.5) is 10.8 Å². The van der Waals surface area contributed by atoms with Crippen LogP contribution in [0, 0.1) is 6.92 Å². The average molecular weight is 438 g/mol. The van der Waals surface area contributed by atoms with Crippen LogP contribution in [0.3, 0.4) is 0 Å². The molecule has 0 saturated heterocycles. The zero-order chi connectivity index (χ0) is 21.8. The number of thiazole rings is 1. The fourth-order valence-corrected chi connectivity index (χ4v) is 4.41. The summed E-state index contributed by atoms with van der Waals surface area (Å²) in [4.78, 5) is 42.0. The minimum absolute atomic E-state index is 0.0549. The number of nitrogens with two attached hydrogens (primary N) is 1. The third-order valence-corrected chi connectivity index (χ3v) is 6.92. The first-order valence-corrected chi connectivity index (χ1v) is 11.7. The smallest absolute Gasteiger partial charge is 0.322 e. The fraction of sp³-hybridized carbons (Fsp3) is 0.368.